The molecular weight excluding hydrogens is 244 g/mol. The van der Waals surface area contributed by atoms with Crippen LogP contribution in [0.5, 0.6) is 0 Å². The monoisotopic (exact) mass is 262 g/mol. The minimum absolute atomic E-state index is 0.497. The summed E-state index contributed by atoms with van der Waals surface area (Å²) in [6.07, 6.45) is 3.89. The molecule has 0 saturated heterocycles. The number of benzene rings is 1. The minimum atomic E-state index is 0.497. The van der Waals surface area contributed by atoms with E-state index >= 15 is 0 Å². The Kier molecular flexibility index (Phi) is 3.06. The van der Waals surface area contributed by atoms with E-state index in [-0.39, 0.29) is 0 Å². The van der Waals surface area contributed by atoms with Crippen molar-refractivity contribution in [1.29, 1.82) is 0 Å². The zero-order valence-electron chi connectivity index (χ0n) is 11.0. The lowest BCUT2D eigenvalue weighted by molar-refractivity contribution is 0.408. The van der Waals surface area contributed by atoms with Crippen molar-refractivity contribution in [3.05, 3.63) is 29.6 Å². The average molecular weight is 263 g/mol. The fourth-order valence-electron chi connectivity index (χ4n) is 3.23. The number of rotatable bonds is 2. The van der Waals surface area contributed by atoms with Gasteiger partial charge in [0.25, 0.3) is 0 Å². The van der Waals surface area contributed by atoms with E-state index < -0.39 is 0 Å². The molecule has 0 spiro atoms. The third-order valence-corrected chi connectivity index (χ3v) is 4.42. The van der Waals surface area contributed by atoms with Crippen LogP contribution in [0.25, 0.3) is 11.0 Å². The van der Waals surface area contributed by atoms with Gasteiger partial charge in [-0.25, -0.2) is 4.98 Å². The van der Waals surface area contributed by atoms with E-state index in [1.165, 1.54) is 30.3 Å². The quantitative estimate of drug-likeness (QED) is 0.732. The molecule has 1 aliphatic carbocycles. The third kappa shape index (κ3) is 1.83. The van der Waals surface area contributed by atoms with Crippen LogP contribution in [0.3, 0.4) is 0 Å². The SMILES string of the molecule is Cc1ccc2c(c1)nc(CCl)n2C1CCCC1C. The fraction of sp³-hybridized carbons (Fsp3) is 0.533. The Morgan fingerprint density at radius 2 is 2.22 bits per heavy atom. The highest BCUT2D eigenvalue weighted by Gasteiger charge is 2.28. The maximum Gasteiger partial charge on any atom is 0.125 e. The molecule has 18 heavy (non-hydrogen) atoms. The maximum atomic E-state index is 6.09. The standard InChI is InChI=1S/C15H19ClN2/c1-10-6-7-14-12(8-10)17-15(9-16)18(14)13-5-3-4-11(13)2/h6-8,11,13H,3-5,9H2,1-2H3. The Bertz CT molecular complexity index is 573. The van der Waals surface area contributed by atoms with Crippen LogP contribution in [0.2, 0.25) is 0 Å². The van der Waals surface area contributed by atoms with E-state index in [4.69, 9.17) is 16.6 Å². The maximum absolute atomic E-state index is 6.09. The molecule has 2 unspecified atom stereocenters. The molecule has 2 nitrogen and oxygen atoms in total. The first-order valence-electron chi connectivity index (χ1n) is 6.74. The molecule has 96 valence electrons. The summed E-state index contributed by atoms with van der Waals surface area (Å²) in [6, 6.07) is 7.09. The first kappa shape index (κ1) is 12.0. The molecule has 0 aliphatic heterocycles. The molecule has 1 aliphatic rings. The van der Waals surface area contributed by atoms with Crippen LogP contribution in [0.15, 0.2) is 18.2 Å². The second kappa shape index (κ2) is 4.58. The number of nitrogens with zero attached hydrogens (tertiary/aromatic N) is 2. The lowest BCUT2D eigenvalue weighted by atomic mass is 10.1. The Morgan fingerprint density at radius 1 is 1.39 bits per heavy atom. The van der Waals surface area contributed by atoms with Crippen LogP contribution in [-0.2, 0) is 5.88 Å². The van der Waals surface area contributed by atoms with Gasteiger partial charge in [0.05, 0.1) is 16.9 Å². The topological polar surface area (TPSA) is 17.8 Å². The van der Waals surface area contributed by atoms with E-state index in [0.29, 0.717) is 11.9 Å². The third-order valence-electron chi connectivity index (χ3n) is 4.19. The summed E-state index contributed by atoms with van der Waals surface area (Å²) in [5.41, 5.74) is 3.59. The van der Waals surface area contributed by atoms with Crippen molar-refractivity contribution in [2.45, 2.75) is 45.0 Å². The van der Waals surface area contributed by atoms with Crippen molar-refractivity contribution in [3.63, 3.8) is 0 Å². The van der Waals surface area contributed by atoms with Gasteiger partial charge in [0.1, 0.15) is 5.82 Å². The molecule has 3 rings (SSSR count). The van der Waals surface area contributed by atoms with Crippen LogP contribution in [0, 0.1) is 12.8 Å². The predicted molar refractivity (Wildman–Crippen MR) is 76.1 cm³/mol. The van der Waals surface area contributed by atoms with Crippen molar-refractivity contribution in [2.24, 2.45) is 5.92 Å². The van der Waals surface area contributed by atoms with Crippen LogP contribution < -0.4 is 0 Å². The van der Waals surface area contributed by atoms with Crippen LogP contribution in [-0.4, -0.2) is 9.55 Å². The summed E-state index contributed by atoms with van der Waals surface area (Å²) >= 11 is 6.09. The van der Waals surface area contributed by atoms with Gasteiger partial charge < -0.3 is 4.57 Å². The summed E-state index contributed by atoms with van der Waals surface area (Å²) < 4.78 is 2.39. The van der Waals surface area contributed by atoms with Gasteiger partial charge in [0, 0.05) is 6.04 Å². The fourth-order valence-corrected chi connectivity index (χ4v) is 3.42. The average Bonchev–Trinajstić information content (AvgIpc) is 2.91. The van der Waals surface area contributed by atoms with Crippen molar-refractivity contribution in [3.8, 4) is 0 Å². The predicted octanol–water partition coefficient (Wildman–Crippen LogP) is 4.44. The Labute approximate surface area is 113 Å². The zero-order valence-corrected chi connectivity index (χ0v) is 11.7. The molecule has 2 aromatic rings. The summed E-state index contributed by atoms with van der Waals surface area (Å²) in [4.78, 5) is 4.70. The lowest BCUT2D eigenvalue weighted by Gasteiger charge is -2.20. The van der Waals surface area contributed by atoms with Gasteiger partial charge in [0.15, 0.2) is 0 Å². The van der Waals surface area contributed by atoms with E-state index in [9.17, 15) is 0 Å². The summed E-state index contributed by atoms with van der Waals surface area (Å²) in [7, 11) is 0. The highest BCUT2D eigenvalue weighted by atomic mass is 35.5. The molecule has 0 N–H and O–H groups in total. The van der Waals surface area contributed by atoms with Gasteiger partial charge in [0.2, 0.25) is 0 Å². The summed E-state index contributed by atoms with van der Waals surface area (Å²) in [5, 5.41) is 0. The zero-order chi connectivity index (χ0) is 12.7. The molecule has 1 heterocycles. The lowest BCUT2D eigenvalue weighted by Crippen LogP contribution is -2.14. The van der Waals surface area contributed by atoms with E-state index in [1.807, 2.05) is 0 Å². The highest BCUT2D eigenvalue weighted by molar-refractivity contribution is 6.16. The molecule has 0 bridgehead atoms. The molecule has 3 heteroatoms. The van der Waals surface area contributed by atoms with Crippen molar-refractivity contribution in [2.75, 3.05) is 0 Å². The normalized spacial score (nSPS) is 23.9. The smallest absolute Gasteiger partial charge is 0.125 e. The number of fused-ring (bicyclic) bond motifs is 1. The van der Waals surface area contributed by atoms with Crippen molar-refractivity contribution in [1.82, 2.24) is 9.55 Å². The van der Waals surface area contributed by atoms with Crippen LogP contribution in [0.1, 0.15) is 43.6 Å². The van der Waals surface area contributed by atoms with Gasteiger partial charge in [-0.05, 0) is 43.4 Å². The van der Waals surface area contributed by atoms with Crippen LogP contribution in [0.4, 0.5) is 0 Å². The number of imidazole rings is 1. The number of hydrogen-bond acceptors (Lipinski definition) is 1. The first-order valence-corrected chi connectivity index (χ1v) is 7.27. The minimum Gasteiger partial charge on any atom is -0.324 e. The molecule has 0 amide bonds. The summed E-state index contributed by atoms with van der Waals surface area (Å²) in [5.74, 6) is 2.25. The number of aryl methyl sites for hydroxylation is 1. The Hall–Kier alpha value is -1.02. The first-order chi connectivity index (χ1) is 8.70. The second-order valence-electron chi connectivity index (χ2n) is 5.50. The highest BCUT2D eigenvalue weighted by Crippen LogP contribution is 2.38. The van der Waals surface area contributed by atoms with Gasteiger partial charge in [-0.3, -0.25) is 0 Å². The number of halogens is 1. The molecule has 0 radical (unpaired) electrons. The second-order valence-corrected chi connectivity index (χ2v) is 5.77. The van der Waals surface area contributed by atoms with Gasteiger partial charge in [-0.2, -0.15) is 0 Å². The Morgan fingerprint density at radius 3 is 2.89 bits per heavy atom. The van der Waals surface area contributed by atoms with Gasteiger partial charge >= 0.3 is 0 Å². The van der Waals surface area contributed by atoms with Gasteiger partial charge in [-0.1, -0.05) is 19.4 Å². The largest absolute Gasteiger partial charge is 0.324 e. The van der Waals surface area contributed by atoms with Crippen molar-refractivity contribution >= 4 is 22.6 Å². The van der Waals surface area contributed by atoms with E-state index in [2.05, 4.69) is 36.6 Å². The molecule has 1 aromatic carbocycles. The molecular formula is C15H19ClN2. The summed E-state index contributed by atoms with van der Waals surface area (Å²) in [6.45, 7) is 4.45. The number of aromatic nitrogens is 2. The van der Waals surface area contributed by atoms with Crippen LogP contribution >= 0.6 is 11.6 Å². The van der Waals surface area contributed by atoms with Crippen molar-refractivity contribution < 1.29 is 0 Å². The number of hydrogen-bond donors (Lipinski definition) is 0. The molecule has 1 saturated carbocycles. The van der Waals surface area contributed by atoms with Gasteiger partial charge in [-0.15, -0.1) is 11.6 Å². The molecule has 2 atom stereocenters. The molecule has 1 fully saturated rings. The Balaban J connectivity index is 2.19. The number of alkyl halides is 1. The van der Waals surface area contributed by atoms with E-state index in [0.717, 1.165) is 17.3 Å². The molecule has 1 aromatic heterocycles. The van der Waals surface area contributed by atoms with E-state index in [1.54, 1.807) is 0 Å².